The normalized spacial score (nSPS) is 9.85. The van der Waals surface area contributed by atoms with Crippen LogP contribution < -0.4 is 10.6 Å². The molecule has 0 saturated heterocycles. The average Bonchev–Trinajstić information content (AvgIpc) is 2.46. The Morgan fingerprint density at radius 2 is 2.15 bits per heavy atom. The molecule has 0 amide bonds. The number of benzene rings is 1. The van der Waals surface area contributed by atoms with Crippen molar-refractivity contribution in [3.8, 4) is 6.07 Å². The minimum absolute atomic E-state index is 0.605. The monoisotopic (exact) mass is 330 g/mol. The van der Waals surface area contributed by atoms with Crippen molar-refractivity contribution in [2.24, 2.45) is 0 Å². The molecule has 2 aromatic rings. The lowest BCUT2D eigenvalue weighted by atomic mass is 10.2. The van der Waals surface area contributed by atoms with Gasteiger partial charge in [0.05, 0.1) is 11.3 Å². The van der Waals surface area contributed by atoms with Crippen molar-refractivity contribution in [1.29, 1.82) is 5.26 Å². The van der Waals surface area contributed by atoms with E-state index in [1.807, 2.05) is 24.3 Å². The summed E-state index contributed by atoms with van der Waals surface area (Å²) in [6, 6.07) is 11.5. The van der Waals surface area contributed by atoms with Crippen molar-refractivity contribution >= 4 is 33.1 Å². The standard InChI is InChI=1S/C15H15BrN4/c1-2-6-18-15-9-13(5-7-19-15)20-14-8-12(16)4-3-11(14)10-17/h3-5,7-9H,2,6H2,1H3,(H2,18,19,20). The molecule has 0 bridgehead atoms. The predicted molar refractivity (Wildman–Crippen MR) is 85.2 cm³/mol. The molecule has 20 heavy (non-hydrogen) atoms. The minimum Gasteiger partial charge on any atom is -0.370 e. The fourth-order valence-corrected chi connectivity index (χ4v) is 2.09. The zero-order valence-electron chi connectivity index (χ0n) is 11.2. The molecule has 4 nitrogen and oxygen atoms in total. The largest absolute Gasteiger partial charge is 0.370 e. The maximum Gasteiger partial charge on any atom is 0.127 e. The van der Waals surface area contributed by atoms with Gasteiger partial charge in [-0.25, -0.2) is 4.98 Å². The molecule has 5 heteroatoms. The van der Waals surface area contributed by atoms with Crippen LogP contribution in [0.2, 0.25) is 0 Å². The van der Waals surface area contributed by atoms with E-state index in [4.69, 9.17) is 5.26 Å². The molecule has 102 valence electrons. The second-order valence-corrected chi connectivity index (χ2v) is 5.20. The number of nitrogens with zero attached hydrogens (tertiary/aromatic N) is 2. The first kappa shape index (κ1) is 14.4. The number of hydrogen-bond acceptors (Lipinski definition) is 4. The van der Waals surface area contributed by atoms with E-state index in [1.54, 1.807) is 12.3 Å². The summed E-state index contributed by atoms with van der Waals surface area (Å²) in [4.78, 5) is 4.25. The van der Waals surface area contributed by atoms with Gasteiger partial charge in [0, 0.05) is 29.0 Å². The maximum absolute atomic E-state index is 9.13. The molecule has 2 rings (SSSR count). The number of halogens is 1. The molecule has 0 radical (unpaired) electrons. The zero-order chi connectivity index (χ0) is 14.4. The van der Waals surface area contributed by atoms with Gasteiger partial charge >= 0.3 is 0 Å². The molecule has 0 unspecified atom stereocenters. The third-order valence-electron chi connectivity index (χ3n) is 2.70. The molecule has 0 aliphatic heterocycles. The number of anilines is 3. The summed E-state index contributed by atoms with van der Waals surface area (Å²) in [5.74, 6) is 0.824. The van der Waals surface area contributed by atoms with Crippen molar-refractivity contribution in [1.82, 2.24) is 4.98 Å². The van der Waals surface area contributed by atoms with Gasteiger partial charge in [0.2, 0.25) is 0 Å². The van der Waals surface area contributed by atoms with E-state index in [9.17, 15) is 0 Å². The highest BCUT2D eigenvalue weighted by Gasteiger charge is 2.04. The summed E-state index contributed by atoms with van der Waals surface area (Å²) in [5.41, 5.74) is 2.27. The van der Waals surface area contributed by atoms with Crippen molar-refractivity contribution in [3.63, 3.8) is 0 Å². The molecule has 0 saturated carbocycles. The van der Waals surface area contributed by atoms with Crippen molar-refractivity contribution < 1.29 is 0 Å². The van der Waals surface area contributed by atoms with Gasteiger partial charge in [-0.3, -0.25) is 0 Å². The first-order valence-electron chi connectivity index (χ1n) is 6.39. The number of nitrogens with one attached hydrogen (secondary N) is 2. The predicted octanol–water partition coefficient (Wildman–Crippen LogP) is 4.28. The van der Waals surface area contributed by atoms with Crippen LogP contribution in [-0.4, -0.2) is 11.5 Å². The number of hydrogen-bond donors (Lipinski definition) is 2. The first-order valence-corrected chi connectivity index (χ1v) is 7.19. The molecular weight excluding hydrogens is 316 g/mol. The van der Waals surface area contributed by atoms with Gasteiger partial charge in [-0.05, 0) is 30.7 Å². The number of aromatic nitrogens is 1. The SMILES string of the molecule is CCCNc1cc(Nc2cc(Br)ccc2C#N)ccn1. The van der Waals surface area contributed by atoms with Gasteiger partial charge < -0.3 is 10.6 Å². The second kappa shape index (κ2) is 6.92. The first-order chi connectivity index (χ1) is 9.72. The zero-order valence-corrected chi connectivity index (χ0v) is 12.7. The van der Waals surface area contributed by atoms with E-state index in [0.717, 1.165) is 34.6 Å². The Balaban J connectivity index is 2.22. The van der Waals surface area contributed by atoms with Crippen molar-refractivity contribution in [3.05, 3.63) is 46.6 Å². The summed E-state index contributed by atoms with van der Waals surface area (Å²) in [5, 5.41) is 15.6. The van der Waals surface area contributed by atoms with Crippen LogP contribution in [0.15, 0.2) is 41.0 Å². The van der Waals surface area contributed by atoms with E-state index >= 15 is 0 Å². The molecule has 1 aromatic carbocycles. The Bertz CT molecular complexity index is 634. The Morgan fingerprint density at radius 1 is 1.30 bits per heavy atom. The van der Waals surface area contributed by atoms with Crippen LogP contribution in [0.25, 0.3) is 0 Å². The highest BCUT2D eigenvalue weighted by molar-refractivity contribution is 9.10. The van der Waals surface area contributed by atoms with E-state index in [1.165, 1.54) is 0 Å². The van der Waals surface area contributed by atoms with E-state index in [0.29, 0.717) is 5.56 Å². The fraction of sp³-hybridized carbons (Fsp3) is 0.200. The van der Waals surface area contributed by atoms with Crippen molar-refractivity contribution in [2.75, 3.05) is 17.2 Å². The second-order valence-electron chi connectivity index (χ2n) is 4.28. The molecule has 0 atom stereocenters. The lowest BCUT2D eigenvalue weighted by Crippen LogP contribution is -2.02. The van der Waals surface area contributed by atoms with Gasteiger partial charge in [-0.1, -0.05) is 22.9 Å². The third kappa shape index (κ3) is 3.72. The summed E-state index contributed by atoms with van der Waals surface area (Å²) in [7, 11) is 0. The molecular formula is C15H15BrN4. The van der Waals surface area contributed by atoms with Crippen LogP contribution in [-0.2, 0) is 0 Å². The lowest BCUT2D eigenvalue weighted by Gasteiger charge is -2.10. The quantitative estimate of drug-likeness (QED) is 0.858. The highest BCUT2D eigenvalue weighted by Crippen LogP contribution is 2.25. The van der Waals surface area contributed by atoms with E-state index < -0.39 is 0 Å². The van der Waals surface area contributed by atoms with Crippen LogP contribution >= 0.6 is 15.9 Å². The molecule has 0 fully saturated rings. The highest BCUT2D eigenvalue weighted by atomic mass is 79.9. The Hall–Kier alpha value is -2.06. The Labute approximate surface area is 127 Å². The minimum atomic E-state index is 0.605. The number of nitriles is 1. The summed E-state index contributed by atoms with van der Waals surface area (Å²) in [6.45, 7) is 2.99. The van der Waals surface area contributed by atoms with Gasteiger partial charge in [0.25, 0.3) is 0 Å². The molecule has 0 aliphatic rings. The summed E-state index contributed by atoms with van der Waals surface area (Å²) in [6.07, 6.45) is 2.79. The van der Waals surface area contributed by atoms with Gasteiger partial charge in [0.1, 0.15) is 11.9 Å². The average molecular weight is 331 g/mol. The van der Waals surface area contributed by atoms with E-state index in [-0.39, 0.29) is 0 Å². The maximum atomic E-state index is 9.13. The van der Waals surface area contributed by atoms with Crippen LogP contribution in [0.4, 0.5) is 17.2 Å². The lowest BCUT2D eigenvalue weighted by molar-refractivity contribution is 0.969. The summed E-state index contributed by atoms with van der Waals surface area (Å²) >= 11 is 3.41. The molecule has 1 aromatic heterocycles. The Morgan fingerprint density at radius 3 is 2.90 bits per heavy atom. The third-order valence-corrected chi connectivity index (χ3v) is 3.19. The smallest absolute Gasteiger partial charge is 0.127 e. The van der Waals surface area contributed by atoms with Gasteiger partial charge in [-0.2, -0.15) is 5.26 Å². The number of pyridine rings is 1. The van der Waals surface area contributed by atoms with Crippen molar-refractivity contribution in [2.45, 2.75) is 13.3 Å². The number of rotatable bonds is 5. The Kier molecular flexibility index (Phi) is 4.97. The van der Waals surface area contributed by atoms with Crippen LogP contribution in [0.1, 0.15) is 18.9 Å². The van der Waals surface area contributed by atoms with E-state index in [2.05, 4.69) is 44.5 Å². The molecule has 0 aliphatic carbocycles. The van der Waals surface area contributed by atoms with Gasteiger partial charge in [0.15, 0.2) is 0 Å². The summed E-state index contributed by atoms with van der Waals surface area (Å²) < 4.78 is 0.928. The van der Waals surface area contributed by atoms with Crippen LogP contribution in [0.5, 0.6) is 0 Å². The molecule has 0 spiro atoms. The van der Waals surface area contributed by atoms with Crippen LogP contribution in [0, 0.1) is 11.3 Å². The topological polar surface area (TPSA) is 60.7 Å². The van der Waals surface area contributed by atoms with Gasteiger partial charge in [-0.15, -0.1) is 0 Å². The fourth-order valence-electron chi connectivity index (χ4n) is 1.73. The van der Waals surface area contributed by atoms with Crippen LogP contribution in [0.3, 0.4) is 0 Å². The molecule has 1 heterocycles. The molecule has 2 N–H and O–H groups in total.